The number of hydrogen-bond donors (Lipinski definition) is 4. The van der Waals surface area contributed by atoms with E-state index in [-0.39, 0.29) is 0 Å². The second-order valence-corrected chi connectivity index (χ2v) is 9.29. The molecule has 0 aliphatic heterocycles. The fourth-order valence-electron chi connectivity index (χ4n) is 2.81. The Labute approximate surface area is 199 Å². The lowest BCUT2D eigenvalue weighted by molar-refractivity contribution is -0.105. The number of carbonyl (C=O) groups is 2. The summed E-state index contributed by atoms with van der Waals surface area (Å²) in [7, 11) is 1.93. The molecular weight excluding hydrogens is 438 g/mol. The molecule has 3 aromatic carbocycles. The van der Waals surface area contributed by atoms with Crippen LogP contribution >= 0.6 is 24.4 Å². The zero-order chi connectivity index (χ0) is 23.3. The molecule has 32 heavy (non-hydrogen) atoms. The van der Waals surface area contributed by atoms with Crippen molar-refractivity contribution >= 4 is 54.1 Å². The van der Waals surface area contributed by atoms with E-state index >= 15 is 0 Å². The molecule has 0 bridgehead atoms. The number of carbonyl (C=O) groups excluding carboxylic acids is 2. The van der Waals surface area contributed by atoms with E-state index in [4.69, 9.17) is 0 Å². The van der Waals surface area contributed by atoms with Gasteiger partial charge in [-0.05, 0) is 48.0 Å². The minimum Gasteiger partial charge on any atom is -0.388 e. The first-order valence-electron chi connectivity index (χ1n) is 10.2. The van der Waals surface area contributed by atoms with Crippen molar-refractivity contribution in [2.75, 3.05) is 23.0 Å². The lowest BCUT2D eigenvalue weighted by Gasteiger charge is -2.10. The Balaban J connectivity index is 0.000000229. The molecule has 0 saturated heterocycles. The maximum Gasteiger partial charge on any atom is 0.211 e. The first-order valence-corrected chi connectivity index (χ1v) is 11.5. The van der Waals surface area contributed by atoms with Crippen molar-refractivity contribution in [1.29, 1.82) is 0 Å². The molecule has 0 spiro atoms. The molecule has 5 nitrogen and oxygen atoms in total. The highest BCUT2D eigenvalue weighted by molar-refractivity contribution is 8.00. The van der Waals surface area contributed by atoms with E-state index in [2.05, 4.69) is 66.7 Å². The van der Waals surface area contributed by atoms with E-state index in [0.29, 0.717) is 22.9 Å². The van der Waals surface area contributed by atoms with Crippen molar-refractivity contribution in [1.82, 2.24) is 0 Å². The second-order valence-electron chi connectivity index (χ2n) is 7.16. The Morgan fingerprint density at radius 2 is 1.72 bits per heavy atom. The number of hydrogen-bond acceptors (Lipinski definition) is 6. The molecule has 3 N–H and O–H groups in total. The monoisotopic (exact) mass is 467 g/mol. The SMILES string of the molecule is CC(C)Sc1ccc(C=O)cc1NC=O.CNc1cccc(CNc2cccc(S)c2)c1. The number of benzene rings is 3. The van der Waals surface area contributed by atoms with Crippen LogP contribution in [0.15, 0.2) is 76.5 Å². The summed E-state index contributed by atoms with van der Waals surface area (Å²) in [5.41, 5.74) is 4.72. The van der Waals surface area contributed by atoms with Gasteiger partial charge in [0.2, 0.25) is 6.41 Å². The summed E-state index contributed by atoms with van der Waals surface area (Å²) in [5.74, 6) is 0. The summed E-state index contributed by atoms with van der Waals surface area (Å²) < 4.78 is 0. The lowest BCUT2D eigenvalue weighted by Crippen LogP contribution is -2.00. The molecule has 7 heteroatoms. The van der Waals surface area contributed by atoms with Crippen LogP contribution in [-0.2, 0) is 11.3 Å². The normalized spacial score (nSPS) is 10.0. The summed E-state index contributed by atoms with van der Waals surface area (Å²) in [6.45, 7) is 4.96. The van der Waals surface area contributed by atoms with E-state index in [1.165, 1.54) is 5.56 Å². The van der Waals surface area contributed by atoms with Crippen molar-refractivity contribution in [3.8, 4) is 0 Å². The van der Waals surface area contributed by atoms with Gasteiger partial charge in [0.05, 0.1) is 5.69 Å². The highest BCUT2D eigenvalue weighted by atomic mass is 32.2. The smallest absolute Gasteiger partial charge is 0.211 e. The first kappa shape index (κ1) is 25.4. The highest BCUT2D eigenvalue weighted by Gasteiger charge is 2.06. The molecule has 0 heterocycles. The van der Waals surface area contributed by atoms with E-state index in [1.54, 1.807) is 23.9 Å². The number of amides is 1. The molecule has 0 aliphatic rings. The summed E-state index contributed by atoms with van der Waals surface area (Å²) in [5, 5.41) is 9.54. The minimum atomic E-state index is 0.430. The van der Waals surface area contributed by atoms with E-state index in [9.17, 15) is 9.59 Å². The summed E-state index contributed by atoms with van der Waals surface area (Å²) in [6, 6.07) is 21.6. The van der Waals surface area contributed by atoms with Gasteiger partial charge in [-0.3, -0.25) is 9.59 Å². The van der Waals surface area contributed by atoms with E-state index in [0.717, 1.165) is 34.0 Å². The summed E-state index contributed by atoms with van der Waals surface area (Å²) in [4.78, 5) is 22.9. The largest absolute Gasteiger partial charge is 0.388 e. The average Bonchev–Trinajstić information content (AvgIpc) is 2.79. The fourth-order valence-corrected chi connectivity index (χ4v) is 3.94. The van der Waals surface area contributed by atoms with Gasteiger partial charge < -0.3 is 16.0 Å². The van der Waals surface area contributed by atoms with Crippen molar-refractivity contribution in [3.05, 3.63) is 77.9 Å². The molecule has 168 valence electrons. The van der Waals surface area contributed by atoms with Crippen LogP contribution in [-0.4, -0.2) is 25.0 Å². The maximum atomic E-state index is 10.6. The number of anilines is 3. The fraction of sp³-hybridized carbons (Fsp3) is 0.200. The Hall–Kier alpha value is -2.90. The second kappa shape index (κ2) is 13.5. The summed E-state index contributed by atoms with van der Waals surface area (Å²) in [6.07, 6.45) is 1.38. The van der Waals surface area contributed by atoms with Crippen LogP contribution < -0.4 is 16.0 Å². The molecule has 3 rings (SSSR count). The molecule has 0 unspecified atom stereocenters. The number of aldehydes is 1. The minimum absolute atomic E-state index is 0.430. The van der Waals surface area contributed by atoms with Crippen LogP contribution in [0.25, 0.3) is 0 Å². The third kappa shape index (κ3) is 8.69. The van der Waals surface area contributed by atoms with Crippen LogP contribution in [0.4, 0.5) is 17.1 Å². The van der Waals surface area contributed by atoms with Gasteiger partial charge in [-0.15, -0.1) is 24.4 Å². The number of nitrogens with one attached hydrogen (secondary N) is 3. The van der Waals surface area contributed by atoms with Gasteiger partial charge in [0.1, 0.15) is 6.29 Å². The molecule has 0 fully saturated rings. The zero-order valence-corrected chi connectivity index (χ0v) is 20.2. The molecule has 0 radical (unpaired) electrons. The third-order valence-corrected chi connectivity index (χ3v) is 5.63. The van der Waals surface area contributed by atoms with Gasteiger partial charge in [-0.2, -0.15) is 0 Å². The Kier molecular flexibility index (Phi) is 10.7. The number of rotatable bonds is 9. The molecule has 0 aromatic heterocycles. The van der Waals surface area contributed by atoms with E-state index in [1.807, 2.05) is 37.4 Å². The molecular formula is C25H29N3O2S2. The molecule has 1 amide bonds. The van der Waals surface area contributed by atoms with Crippen molar-refractivity contribution in [2.45, 2.75) is 35.4 Å². The Bertz CT molecular complexity index is 1030. The zero-order valence-electron chi connectivity index (χ0n) is 18.5. The molecule has 3 aromatic rings. The quantitative estimate of drug-likeness (QED) is 0.171. The van der Waals surface area contributed by atoms with Gasteiger partial charge in [-0.25, -0.2) is 0 Å². The molecule has 0 atom stereocenters. The topological polar surface area (TPSA) is 70.2 Å². The van der Waals surface area contributed by atoms with Gasteiger partial charge in [0, 0.05) is 45.6 Å². The van der Waals surface area contributed by atoms with E-state index < -0.39 is 0 Å². The lowest BCUT2D eigenvalue weighted by atomic mass is 10.2. The number of thioether (sulfide) groups is 1. The standard InChI is InChI=1S/C14H16N2S.C11H13NO2S/c1-15-12-5-2-4-11(8-12)10-16-13-6-3-7-14(17)9-13;1-8(2)15-11-4-3-9(6-13)5-10(11)12-7-14/h2-9,15-17H,10H2,1H3;3-8H,1-2H3,(H,12,14). The van der Waals surface area contributed by atoms with Crippen molar-refractivity contribution in [3.63, 3.8) is 0 Å². The van der Waals surface area contributed by atoms with Crippen LogP contribution in [0.1, 0.15) is 29.8 Å². The summed E-state index contributed by atoms with van der Waals surface area (Å²) >= 11 is 5.96. The van der Waals surface area contributed by atoms with Gasteiger partial charge in [0.25, 0.3) is 0 Å². The number of thiol groups is 1. The predicted octanol–water partition coefficient (Wildman–Crippen LogP) is 6.20. The first-order chi connectivity index (χ1) is 15.4. The Morgan fingerprint density at radius 3 is 2.38 bits per heavy atom. The van der Waals surface area contributed by atoms with Crippen molar-refractivity contribution in [2.24, 2.45) is 0 Å². The van der Waals surface area contributed by atoms with Gasteiger partial charge in [0.15, 0.2) is 0 Å². The van der Waals surface area contributed by atoms with Crippen molar-refractivity contribution < 1.29 is 9.59 Å². The van der Waals surface area contributed by atoms with Gasteiger partial charge >= 0.3 is 0 Å². The molecule has 0 saturated carbocycles. The predicted molar refractivity (Wildman–Crippen MR) is 140 cm³/mol. The third-order valence-electron chi connectivity index (χ3n) is 4.28. The Morgan fingerprint density at radius 1 is 0.969 bits per heavy atom. The molecule has 0 aliphatic carbocycles. The van der Waals surface area contributed by atoms with Crippen LogP contribution in [0.3, 0.4) is 0 Å². The van der Waals surface area contributed by atoms with Crippen LogP contribution in [0.2, 0.25) is 0 Å². The maximum absolute atomic E-state index is 10.6. The van der Waals surface area contributed by atoms with Gasteiger partial charge in [-0.1, -0.05) is 38.1 Å². The highest BCUT2D eigenvalue weighted by Crippen LogP contribution is 2.30. The van der Waals surface area contributed by atoms with Crippen LogP contribution in [0.5, 0.6) is 0 Å². The average molecular weight is 468 g/mol. The van der Waals surface area contributed by atoms with Crippen LogP contribution in [0, 0.1) is 0 Å².